The fourth-order valence-corrected chi connectivity index (χ4v) is 3.50. The molecule has 2 atom stereocenters. The number of hydrogen-bond acceptors (Lipinski definition) is 3. The minimum absolute atomic E-state index is 0.0986. The highest BCUT2D eigenvalue weighted by Gasteiger charge is 2.49. The highest BCUT2D eigenvalue weighted by molar-refractivity contribution is 9.10. The van der Waals surface area contributed by atoms with Crippen LogP contribution in [0.4, 0.5) is 0 Å². The SMILES string of the molecule is CC1(C)CC(C(NN)c2ccc(Br)cc2)C(C)(C)O1. The van der Waals surface area contributed by atoms with Gasteiger partial charge in [-0.2, -0.15) is 0 Å². The molecule has 0 aliphatic carbocycles. The van der Waals surface area contributed by atoms with E-state index in [-0.39, 0.29) is 17.2 Å². The lowest BCUT2D eigenvalue weighted by Gasteiger charge is -2.33. The molecule has 106 valence electrons. The summed E-state index contributed by atoms with van der Waals surface area (Å²) in [7, 11) is 0. The minimum atomic E-state index is -0.187. The Morgan fingerprint density at radius 2 is 1.84 bits per heavy atom. The predicted octanol–water partition coefficient (Wildman–Crippen LogP) is 3.55. The standard InChI is InChI=1S/C15H23BrN2O/c1-14(2)9-12(15(3,4)19-14)13(18-17)10-5-7-11(16)8-6-10/h5-8,12-13,18H,9,17H2,1-4H3. The highest BCUT2D eigenvalue weighted by atomic mass is 79.9. The zero-order chi connectivity index (χ0) is 14.3. The van der Waals surface area contributed by atoms with Crippen molar-refractivity contribution < 1.29 is 4.74 Å². The van der Waals surface area contributed by atoms with Gasteiger partial charge in [0.15, 0.2) is 0 Å². The van der Waals surface area contributed by atoms with Crippen LogP contribution in [0.25, 0.3) is 0 Å². The third kappa shape index (κ3) is 3.19. The van der Waals surface area contributed by atoms with Gasteiger partial charge in [0.05, 0.1) is 17.2 Å². The van der Waals surface area contributed by atoms with E-state index < -0.39 is 0 Å². The molecule has 0 spiro atoms. The summed E-state index contributed by atoms with van der Waals surface area (Å²) in [5.74, 6) is 6.16. The number of hydrogen-bond donors (Lipinski definition) is 2. The molecular weight excluding hydrogens is 304 g/mol. The average molecular weight is 327 g/mol. The first kappa shape index (κ1) is 15.0. The molecule has 0 amide bonds. The van der Waals surface area contributed by atoms with Crippen LogP contribution in [0.1, 0.15) is 45.7 Å². The molecule has 4 heteroatoms. The molecule has 1 fully saturated rings. The van der Waals surface area contributed by atoms with E-state index in [1.165, 1.54) is 5.56 Å². The van der Waals surface area contributed by atoms with Crippen LogP contribution in [0.3, 0.4) is 0 Å². The monoisotopic (exact) mass is 326 g/mol. The maximum absolute atomic E-state index is 6.17. The fourth-order valence-electron chi connectivity index (χ4n) is 3.24. The van der Waals surface area contributed by atoms with E-state index in [2.05, 4.69) is 61.2 Å². The van der Waals surface area contributed by atoms with Crippen LogP contribution in [0.5, 0.6) is 0 Å². The number of nitrogens with two attached hydrogens (primary N) is 1. The quantitative estimate of drug-likeness (QED) is 0.659. The van der Waals surface area contributed by atoms with E-state index in [0.29, 0.717) is 5.92 Å². The van der Waals surface area contributed by atoms with Crippen molar-refractivity contribution in [1.82, 2.24) is 5.43 Å². The molecule has 3 N–H and O–H groups in total. The van der Waals surface area contributed by atoms with Gasteiger partial charge in [0.1, 0.15) is 0 Å². The Balaban J connectivity index is 2.29. The van der Waals surface area contributed by atoms with Crippen LogP contribution in [0.15, 0.2) is 28.7 Å². The lowest BCUT2D eigenvalue weighted by Crippen LogP contribution is -2.41. The number of ether oxygens (including phenoxy) is 1. The summed E-state index contributed by atoms with van der Waals surface area (Å²) >= 11 is 3.46. The second-order valence-electron chi connectivity index (χ2n) is 6.47. The first-order valence-corrected chi connectivity index (χ1v) is 7.46. The predicted molar refractivity (Wildman–Crippen MR) is 81.6 cm³/mol. The van der Waals surface area contributed by atoms with Crippen LogP contribution >= 0.6 is 15.9 Å². The van der Waals surface area contributed by atoms with Crippen molar-refractivity contribution in [3.63, 3.8) is 0 Å². The first-order chi connectivity index (χ1) is 8.75. The summed E-state index contributed by atoms with van der Waals surface area (Å²) in [6.45, 7) is 8.58. The summed E-state index contributed by atoms with van der Waals surface area (Å²) in [5.41, 5.74) is 3.89. The van der Waals surface area contributed by atoms with Gasteiger partial charge in [-0.15, -0.1) is 0 Å². The Morgan fingerprint density at radius 1 is 1.26 bits per heavy atom. The number of nitrogens with one attached hydrogen (secondary N) is 1. The van der Waals surface area contributed by atoms with Gasteiger partial charge in [0.2, 0.25) is 0 Å². The molecule has 1 heterocycles. The molecule has 1 aliphatic heterocycles. The number of benzene rings is 1. The van der Waals surface area contributed by atoms with Gasteiger partial charge < -0.3 is 4.74 Å². The van der Waals surface area contributed by atoms with Gasteiger partial charge in [0, 0.05) is 10.4 Å². The molecule has 1 aromatic rings. The average Bonchev–Trinajstić information content (AvgIpc) is 2.51. The Morgan fingerprint density at radius 3 is 2.26 bits per heavy atom. The summed E-state index contributed by atoms with van der Waals surface area (Å²) < 4.78 is 7.25. The fraction of sp³-hybridized carbons (Fsp3) is 0.600. The minimum Gasteiger partial charge on any atom is -0.369 e. The molecule has 0 saturated carbocycles. The van der Waals surface area contributed by atoms with Crippen LogP contribution in [-0.2, 0) is 4.74 Å². The summed E-state index contributed by atoms with van der Waals surface area (Å²) in [6.07, 6.45) is 0.991. The normalized spacial score (nSPS) is 26.3. The van der Waals surface area contributed by atoms with E-state index in [4.69, 9.17) is 10.6 Å². The lowest BCUT2D eigenvalue weighted by atomic mass is 9.79. The van der Waals surface area contributed by atoms with Gasteiger partial charge in [-0.05, 0) is 51.8 Å². The molecule has 2 unspecified atom stereocenters. The van der Waals surface area contributed by atoms with Crippen LogP contribution in [0.2, 0.25) is 0 Å². The molecule has 1 aromatic carbocycles. The van der Waals surface area contributed by atoms with Gasteiger partial charge in [-0.3, -0.25) is 11.3 Å². The molecule has 0 bridgehead atoms. The third-order valence-corrected chi connectivity index (χ3v) is 4.48. The Labute approximate surface area is 124 Å². The molecule has 2 rings (SSSR count). The molecule has 1 aliphatic rings. The van der Waals surface area contributed by atoms with E-state index >= 15 is 0 Å². The molecule has 19 heavy (non-hydrogen) atoms. The van der Waals surface area contributed by atoms with Crippen molar-refractivity contribution in [3.8, 4) is 0 Å². The molecule has 0 aromatic heterocycles. The van der Waals surface area contributed by atoms with E-state index in [1.807, 2.05) is 12.1 Å². The smallest absolute Gasteiger partial charge is 0.0681 e. The number of hydrazine groups is 1. The van der Waals surface area contributed by atoms with Gasteiger partial charge >= 0.3 is 0 Å². The van der Waals surface area contributed by atoms with Gasteiger partial charge in [0.25, 0.3) is 0 Å². The van der Waals surface area contributed by atoms with Crippen LogP contribution in [0, 0.1) is 5.92 Å². The van der Waals surface area contributed by atoms with Crippen LogP contribution in [-0.4, -0.2) is 11.2 Å². The van der Waals surface area contributed by atoms with E-state index in [9.17, 15) is 0 Å². The maximum atomic E-state index is 6.17. The van der Waals surface area contributed by atoms with Crippen LogP contribution < -0.4 is 11.3 Å². The number of halogens is 1. The van der Waals surface area contributed by atoms with Crippen molar-refractivity contribution in [2.75, 3.05) is 0 Å². The van der Waals surface area contributed by atoms with Crippen molar-refractivity contribution >= 4 is 15.9 Å². The Bertz CT molecular complexity index is 442. The van der Waals surface area contributed by atoms with Crippen molar-refractivity contribution in [2.24, 2.45) is 11.8 Å². The second-order valence-corrected chi connectivity index (χ2v) is 7.39. The molecular formula is C15H23BrN2O. The second kappa shape index (κ2) is 5.17. The van der Waals surface area contributed by atoms with E-state index in [1.54, 1.807) is 0 Å². The highest BCUT2D eigenvalue weighted by Crippen LogP contribution is 2.47. The van der Waals surface area contributed by atoms with Gasteiger partial charge in [-0.1, -0.05) is 28.1 Å². The molecule has 1 saturated heterocycles. The lowest BCUT2D eigenvalue weighted by molar-refractivity contribution is -0.0779. The number of rotatable bonds is 3. The Hall–Kier alpha value is -0.420. The maximum Gasteiger partial charge on any atom is 0.0681 e. The Kier molecular flexibility index (Phi) is 4.07. The zero-order valence-corrected chi connectivity index (χ0v) is 13.6. The first-order valence-electron chi connectivity index (χ1n) is 6.67. The summed E-state index contributed by atoms with van der Waals surface area (Å²) in [6, 6.07) is 8.41. The molecule has 3 nitrogen and oxygen atoms in total. The van der Waals surface area contributed by atoms with Crippen molar-refractivity contribution in [1.29, 1.82) is 0 Å². The van der Waals surface area contributed by atoms with Gasteiger partial charge in [-0.25, -0.2) is 0 Å². The third-order valence-electron chi connectivity index (χ3n) is 3.95. The summed E-state index contributed by atoms with van der Waals surface area (Å²) in [4.78, 5) is 0. The topological polar surface area (TPSA) is 47.3 Å². The molecule has 0 radical (unpaired) electrons. The zero-order valence-electron chi connectivity index (χ0n) is 12.0. The van der Waals surface area contributed by atoms with E-state index in [0.717, 1.165) is 10.9 Å². The summed E-state index contributed by atoms with van der Waals surface area (Å²) in [5, 5.41) is 0. The largest absolute Gasteiger partial charge is 0.369 e. The van der Waals surface area contributed by atoms with Crippen molar-refractivity contribution in [3.05, 3.63) is 34.3 Å². The van der Waals surface area contributed by atoms with Crippen molar-refractivity contribution in [2.45, 2.75) is 51.4 Å².